The van der Waals surface area contributed by atoms with Crippen molar-refractivity contribution in [2.75, 3.05) is 11.5 Å². The van der Waals surface area contributed by atoms with Gasteiger partial charge in [0.1, 0.15) is 5.75 Å². The molecule has 2 heterocycles. The Morgan fingerprint density at radius 1 is 1.00 bits per heavy atom. The van der Waals surface area contributed by atoms with Crippen molar-refractivity contribution in [1.29, 1.82) is 0 Å². The van der Waals surface area contributed by atoms with E-state index in [1.807, 2.05) is 26.0 Å². The smallest absolute Gasteiger partial charge is 0.416 e. The lowest BCUT2D eigenvalue weighted by Gasteiger charge is -2.30. The van der Waals surface area contributed by atoms with Crippen LogP contribution in [0.4, 0.5) is 32.0 Å². The Morgan fingerprint density at radius 2 is 1.66 bits per heavy atom. The summed E-state index contributed by atoms with van der Waals surface area (Å²) in [6.07, 6.45) is -5.65. The van der Waals surface area contributed by atoms with Crippen molar-refractivity contribution in [3.8, 4) is 5.75 Å². The van der Waals surface area contributed by atoms with Gasteiger partial charge in [0, 0.05) is 16.0 Å². The lowest BCUT2D eigenvalue weighted by atomic mass is 9.70. The molecule has 4 atom stereocenters. The van der Waals surface area contributed by atoms with Gasteiger partial charge in [-0.05, 0) is 74.6 Å². The zero-order chi connectivity index (χ0) is 32.1. The summed E-state index contributed by atoms with van der Waals surface area (Å²) in [4.78, 5) is 27.6. The predicted molar refractivity (Wildman–Crippen MR) is 154 cm³/mol. The number of phenols is 1. The maximum Gasteiger partial charge on any atom is 0.416 e. The van der Waals surface area contributed by atoms with Gasteiger partial charge in [0.25, 0.3) is 0 Å². The molecular formula is C32H30BrF6NO4. The summed E-state index contributed by atoms with van der Waals surface area (Å²) in [7, 11) is 0. The normalized spacial score (nSPS) is 24.3. The molecule has 5 nitrogen and oxygen atoms in total. The monoisotopic (exact) mass is 685 g/mol. The second kappa shape index (κ2) is 12.0. The van der Waals surface area contributed by atoms with E-state index in [1.165, 1.54) is 0 Å². The van der Waals surface area contributed by atoms with Crippen molar-refractivity contribution < 1.29 is 45.8 Å². The Balaban J connectivity index is 1.40. The third kappa shape index (κ3) is 6.20. The van der Waals surface area contributed by atoms with E-state index in [4.69, 9.17) is 4.74 Å². The van der Waals surface area contributed by atoms with Crippen LogP contribution in [0.1, 0.15) is 62.6 Å². The Bertz CT molecular complexity index is 1510. The first-order valence-corrected chi connectivity index (χ1v) is 15.1. The Hall–Kier alpha value is -3.12. The molecule has 2 amide bonds. The molecule has 1 N–H and O–H groups in total. The van der Waals surface area contributed by atoms with Crippen LogP contribution in [0.2, 0.25) is 0 Å². The summed E-state index contributed by atoms with van der Waals surface area (Å²) in [5.41, 5.74) is -0.460. The number of hydrogen-bond donors (Lipinski definition) is 1. The molecule has 3 aliphatic rings. The van der Waals surface area contributed by atoms with Crippen LogP contribution in [0.5, 0.6) is 5.75 Å². The molecular weight excluding hydrogens is 656 g/mol. The van der Waals surface area contributed by atoms with Gasteiger partial charge in [-0.15, -0.1) is 0 Å². The van der Waals surface area contributed by atoms with Gasteiger partial charge in [-0.2, -0.15) is 26.3 Å². The maximum absolute atomic E-state index is 13.7. The van der Waals surface area contributed by atoms with E-state index >= 15 is 0 Å². The number of halogens is 7. The molecule has 2 aliphatic heterocycles. The molecule has 2 fully saturated rings. The largest absolute Gasteiger partial charge is 0.507 e. The standard InChI is InChI=1S/C32H30BrF6NO4/c1-3-4-17(10-18-11-21(33)6-7-25(18)41)5-8-26-27-16(2)9-23-28(24(27)15-44-26)30(43)40(29(23)42)22-13-19(31(34,35)36)12-20(14-22)32(37,38)39/h6-7,10-14,23-24,26,28,41H,3-5,8-9,15H2,1-2H3/b17-10+/t23-,24+,26-,28-/m1/s1. The highest BCUT2D eigenvalue weighted by molar-refractivity contribution is 9.10. The number of ether oxygens (including phenoxy) is 1. The number of benzene rings is 2. The van der Waals surface area contributed by atoms with Crippen LogP contribution in [-0.4, -0.2) is 29.6 Å². The molecule has 44 heavy (non-hydrogen) atoms. The van der Waals surface area contributed by atoms with E-state index in [9.17, 15) is 41.0 Å². The van der Waals surface area contributed by atoms with Gasteiger partial charge in [0.2, 0.25) is 11.8 Å². The fourth-order valence-electron chi connectivity index (χ4n) is 6.72. The molecule has 0 unspecified atom stereocenters. The van der Waals surface area contributed by atoms with Crippen LogP contribution in [-0.2, 0) is 26.7 Å². The zero-order valence-electron chi connectivity index (χ0n) is 23.9. The van der Waals surface area contributed by atoms with Crippen molar-refractivity contribution in [3.63, 3.8) is 0 Å². The van der Waals surface area contributed by atoms with Crippen molar-refractivity contribution in [2.24, 2.45) is 17.8 Å². The first-order valence-electron chi connectivity index (χ1n) is 14.3. The lowest BCUT2D eigenvalue weighted by molar-refractivity contribution is -0.143. The average molecular weight is 686 g/mol. The van der Waals surface area contributed by atoms with Gasteiger partial charge >= 0.3 is 12.4 Å². The molecule has 12 heteroatoms. The molecule has 0 bridgehead atoms. The second-order valence-corrected chi connectivity index (χ2v) is 12.5. The fourth-order valence-corrected chi connectivity index (χ4v) is 7.10. The van der Waals surface area contributed by atoms with E-state index in [0.29, 0.717) is 35.4 Å². The number of carbonyl (C=O) groups excluding carboxylic acids is 2. The topological polar surface area (TPSA) is 66.8 Å². The molecule has 0 radical (unpaired) electrons. The first kappa shape index (κ1) is 32.3. The number of nitrogens with zero attached hydrogens (tertiary/aromatic N) is 1. The summed E-state index contributed by atoms with van der Waals surface area (Å²) >= 11 is 3.42. The first-order chi connectivity index (χ1) is 20.6. The molecule has 0 saturated carbocycles. The number of allylic oxidation sites excluding steroid dienone is 2. The van der Waals surface area contributed by atoms with Crippen molar-refractivity contribution >= 4 is 39.5 Å². The third-order valence-corrected chi connectivity index (χ3v) is 9.12. The highest BCUT2D eigenvalue weighted by Crippen LogP contribution is 2.51. The SMILES string of the molecule is CCC/C(=C\c1cc(Br)ccc1O)CC[C@H]1OC[C@H]2C1=C(C)C[C@H]1C(=O)N(c3cc(C(F)(F)F)cc(C(F)(F)F)c3)C(=O)[C@H]12. The predicted octanol–water partition coefficient (Wildman–Crippen LogP) is 8.70. The van der Waals surface area contributed by atoms with E-state index in [1.54, 1.807) is 12.1 Å². The minimum absolute atomic E-state index is 0.0278. The van der Waals surface area contributed by atoms with E-state index in [2.05, 4.69) is 15.9 Å². The van der Waals surface area contributed by atoms with Crippen LogP contribution in [0.25, 0.3) is 6.08 Å². The number of carbonyl (C=O) groups is 2. The molecule has 5 rings (SSSR count). The van der Waals surface area contributed by atoms with Gasteiger partial charge in [-0.25, -0.2) is 4.90 Å². The number of fused-ring (bicyclic) bond motifs is 3. The third-order valence-electron chi connectivity index (χ3n) is 8.63. The van der Waals surface area contributed by atoms with E-state index in [0.717, 1.165) is 34.0 Å². The summed E-state index contributed by atoms with van der Waals surface area (Å²) in [5, 5.41) is 10.3. The molecule has 1 aliphatic carbocycles. The molecule has 2 aromatic rings. The highest BCUT2D eigenvalue weighted by Gasteiger charge is 2.57. The van der Waals surface area contributed by atoms with Gasteiger partial charge in [0.15, 0.2) is 0 Å². The van der Waals surface area contributed by atoms with Crippen LogP contribution in [0.3, 0.4) is 0 Å². The fraction of sp³-hybridized carbons (Fsp3) is 0.438. The molecule has 0 aromatic heterocycles. The molecule has 2 aromatic carbocycles. The number of amides is 2. The number of imide groups is 1. The van der Waals surface area contributed by atoms with Crippen LogP contribution in [0, 0.1) is 17.8 Å². The summed E-state index contributed by atoms with van der Waals surface area (Å²) in [5.74, 6) is -3.84. The Kier molecular flexibility index (Phi) is 8.80. The number of alkyl halides is 6. The van der Waals surface area contributed by atoms with Crippen LogP contribution >= 0.6 is 15.9 Å². The van der Waals surface area contributed by atoms with Gasteiger partial charge in [-0.1, -0.05) is 46.5 Å². The van der Waals surface area contributed by atoms with Crippen molar-refractivity contribution in [1.82, 2.24) is 0 Å². The lowest BCUT2D eigenvalue weighted by Crippen LogP contribution is -2.34. The van der Waals surface area contributed by atoms with E-state index < -0.39 is 58.7 Å². The van der Waals surface area contributed by atoms with Crippen LogP contribution < -0.4 is 4.90 Å². The summed E-state index contributed by atoms with van der Waals surface area (Å²) in [6.45, 7) is 3.98. The molecule has 2 saturated heterocycles. The molecule has 236 valence electrons. The van der Waals surface area contributed by atoms with E-state index in [-0.39, 0.29) is 30.9 Å². The number of hydrogen-bond acceptors (Lipinski definition) is 4. The number of rotatable bonds is 7. The maximum atomic E-state index is 13.7. The number of aromatic hydroxyl groups is 1. The van der Waals surface area contributed by atoms with Crippen LogP contribution in [0.15, 0.2) is 57.6 Å². The van der Waals surface area contributed by atoms with Gasteiger partial charge < -0.3 is 9.84 Å². The van der Waals surface area contributed by atoms with Gasteiger partial charge in [-0.3, -0.25) is 9.59 Å². The molecule has 0 spiro atoms. The Morgan fingerprint density at radius 3 is 2.27 bits per heavy atom. The highest BCUT2D eigenvalue weighted by atomic mass is 79.9. The zero-order valence-corrected chi connectivity index (χ0v) is 25.4. The summed E-state index contributed by atoms with van der Waals surface area (Å²) < 4.78 is 88.1. The van der Waals surface area contributed by atoms with Crippen molar-refractivity contribution in [2.45, 2.75) is 64.4 Å². The Labute approximate surface area is 258 Å². The number of anilines is 1. The number of phenolic OH excluding ortho intramolecular Hbond substituents is 1. The summed E-state index contributed by atoms with van der Waals surface area (Å²) in [6, 6.07) is 5.97. The second-order valence-electron chi connectivity index (χ2n) is 11.6. The quantitative estimate of drug-likeness (QED) is 0.180. The average Bonchev–Trinajstić information content (AvgIpc) is 3.47. The van der Waals surface area contributed by atoms with Crippen molar-refractivity contribution in [3.05, 3.63) is 74.3 Å². The minimum Gasteiger partial charge on any atom is -0.507 e. The minimum atomic E-state index is -5.12. The van der Waals surface area contributed by atoms with Gasteiger partial charge in [0.05, 0.1) is 41.4 Å².